The zero-order valence-corrected chi connectivity index (χ0v) is 15.9. The van der Waals surface area contributed by atoms with Gasteiger partial charge in [0.1, 0.15) is 11.5 Å². The lowest BCUT2D eigenvalue weighted by Gasteiger charge is -2.08. The van der Waals surface area contributed by atoms with Crippen LogP contribution >= 0.6 is 0 Å². The molecule has 0 saturated carbocycles. The van der Waals surface area contributed by atoms with E-state index in [-0.39, 0.29) is 5.97 Å². The van der Waals surface area contributed by atoms with Crippen LogP contribution in [0.15, 0.2) is 48.5 Å². The maximum absolute atomic E-state index is 12.3. The van der Waals surface area contributed by atoms with Gasteiger partial charge in [0, 0.05) is 0 Å². The van der Waals surface area contributed by atoms with Crippen LogP contribution in [0.5, 0.6) is 11.5 Å². The third-order valence-corrected chi connectivity index (χ3v) is 3.87. The van der Waals surface area contributed by atoms with Gasteiger partial charge in [0.05, 0.1) is 24.3 Å². The van der Waals surface area contributed by atoms with Crippen LogP contribution in [0.2, 0.25) is 0 Å². The Hall–Kier alpha value is -2.82. The maximum atomic E-state index is 12.3. The minimum Gasteiger partial charge on any atom is -0.494 e. The van der Waals surface area contributed by atoms with Gasteiger partial charge in [-0.25, -0.2) is 9.59 Å². The van der Waals surface area contributed by atoms with Crippen molar-refractivity contribution in [2.45, 2.75) is 39.5 Å². The Bertz CT molecular complexity index is 737. The van der Waals surface area contributed by atoms with Crippen LogP contribution in [0.25, 0.3) is 0 Å². The van der Waals surface area contributed by atoms with E-state index in [4.69, 9.17) is 14.2 Å². The number of ether oxygens (including phenoxy) is 3. The molecular formula is C22H26O5. The molecule has 0 aliphatic rings. The predicted molar refractivity (Wildman–Crippen MR) is 103 cm³/mol. The van der Waals surface area contributed by atoms with Gasteiger partial charge in [0.15, 0.2) is 0 Å². The highest BCUT2D eigenvalue weighted by molar-refractivity contribution is 5.92. The van der Waals surface area contributed by atoms with Crippen LogP contribution in [0.1, 0.15) is 60.2 Å². The Morgan fingerprint density at radius 3 is 2.19 bits per heavy atom. The number of carbonyl (C=O) groups excluding carboxylic acids is 2. The molecule has 2 rings (SSSR count). The van der Waals surface area contributed by atoms with Crippen molar-refractivity contribution >= 4 is 11.9 Å². The third kappa shape index (κ3) is 6.77. The molecule has 0 fully saturated rings. The molecule has 0 N–H and O–H groups in total. The van der Waals surface area contributed by atoms with Gasteiger partial charge in [-0.2, -0.15) is 0 Å². The molecule has 0 aromatic heterocycles. The van der Waals surface area contributed by atoms with Gasteiger partial charge in [-0.1, -0.05) is 32.8 Å². The Kier molecular flexibility index (Phi) is 8.36. The van der Waals surface area contributed by atoms with Crippen LogP contribution in [0.4, 0.5) is 0 Å². The van der Waals surface area contributed by atoms with Crippen LogP contribution in [0.3, 0.4) is 0 Å². The second-order valence-corrected chi connectivity index (χ2v) is 6.13. The second-order valence-electron chi connectivity index (χ2n) is 6.13. The average Bonchev–Trinajstić information content (AvgIpc) is 2.69. The zero-order chi connectivity index (χ0) is 19.5. The Morgan fingerprint density at radius 2 is 1.48 bits per heavy atom. The van der Waals surface area contributed by atoms with Crippen molar-refractivity contribution in [2.75, 3.05) is 13.2 Å². The molecule has 27 heavy (non-hydrogen) atoms. The molecule has 0 spiro atoms. The van der Waals surface area contributed by atoms with Crippen molar-refractivity contribution in [2.24, 2.45) is 0 Å². The summed E-state index contributed by atoms with van der Waals surface area (Å²) >= 11 is 0. The van der Waals surface area contributed by atoms with Gasteiger partial charge < -0.3 is 14.2 Å². The number of esters is 2. The summed E-state index contributed by atoms with van der Waals surface area (Å²) in [5.74, 6) is 0.151. The molecule has 5 nitrogen and oxygen atoms in total. The highest BCUT2D eigenvalue weighted by Gasteiger charge is 2.11. The monoisotopic (exact) mass is 370 g/mol. The van der Waals surface area contributed by atoms with E-state index in [0.29, 0.717) is 35.8 Å². The lowest BCUT2D eigenvalue weighted by molar-refractivity contribution is 0.0499. The number of hydrogen-bond acceptors (Lipinski definition) is 5. The lowest BCUT2D eigenvalue weighted by atomic mass is 10.2. The smallest absolute Gasteiger partial charge is 0.343 e. The van der Waals surface area contributed by atoms with Gasteiger partial charge in [0.25, 0.3) is 0 Å². The average molecular weight is 370 g/mol. The molecule has 0 amide bonds. The van der Waals surface area contributed by atoms with Gasteiger partial charge in [-0.05, 0) is 55.3 Å². The molecule has 5 heteroatoms. The standard InChI is InChI=1S/C22H26O5/c1-3-5-14-25-20-9-7-8-18(16-20)22(24)27-19-12-10-17(11-13-19)21(23)26-15-6-4-2/h7-13,16H,3-6,14-15H2,1-2H3. The van der Waals surface area contributed by atoms with Crippen LogP contribution in [-0.2, 0) is 4.74 Å². The quantitative estimate of drug-likeness (QED) is 0.333. The van der Waals surface area contributed by atoms with E-state index < -0.39 is 5.97 Å². The summed E-state index contributed by atoms with van der Waals surface area (Å²) in [4.78, 5) is 24.2. The summed E-state index contributed by atoms with van der Waals surface area (Å²) in [6, 6.07) is 13.2. The molecule has 0 aliphatic heterocycles. The molecule has 0 saturated heterocycles. The molecule has 0 bridgehead atoms. The van der Waals surface area contributed by atoms with Crippen LogP contribution < -0.4 is 9.47 Å². The largest absolute Gasteiger partial charge is 0.494 e. The predicted octanol–water partition coefficient (Wildman–Crippen LogP) is 5.04. The number of benzene rings is 2. The molecule has 0 aliphatic carbocycles. The van der Waals surface area contributed by atoms with E-state index in [1.807, 2.05) is 13.0 Å². The number of hydrogen-bond donors (Lipinski definition) is 0. The summed E-state index contributed by atoms with van der Waals surface area (Å²) in [5, 5.41) is 0. The number of unbranched alkanes of at least 4 members (excludes halogenated alkanes) is 2. The lowest BCUT2D eigenvalue weighted by Crippen LogP contribution is -2.10. The molecule has 0 unspecified atom stereocenters. The van der Waals surface area contributed by atoms with Gasteiger partial charge >= 0.3 is 11.9 Å². The topological polar surface area (TPSA) is 61.8 Å². The SMILES string of the molecule is CCCCOC(=O)c1ccc(OC(=O)c2cccc(OCCCC)c2)cc1. The van der Waals surface area contributed by atoms with Crippen molar-refractivity contribution < 1.29 is 23.8 Å². The first-order chi connectivity index (χ1) is 13.1. The molecule has 2 aromatic rings. The summed E-state index contributed by atoms with van der Waals surface area (Å²) < 4.78 is 16.1. The number of carbonyl (C=O) groups is 2. The Labute approximate surface area is 160 Å². The van der Waals surface area contributed by atoms with Crippen molar-refractivity contribution in [3.8, 4) is 11.5 Å². The molecular weight excluding hydrogens is 344 g/mol. The van der Waals surface area contributed by atoms with E-state index in [1.165, 1.54) is 0 Å². The zero-order valence-electron chi connectivity index (χ0n) is 15.9. The van der Waals surface area contributed by atoms with Crippen LogP contribution in [-0.4, -0.2) is 25.2 Å². The molecule has 0 radical (unpaired) electrons. The maximum Gasteiger partial charge on any atom is 0.343 e. The summed E-state index contributed by atoms with van der Waals surface area (Å²) in [5.41, 5.74) is 0.837. The van der Waals surface area contributed by atoms with Crippen molar-refractivity contribution in [3.05, 3.63) is 59.7 Å². The van der Waals surface area contributed by atoms with Gasteiger partial charge in [-0.3, -0.25) is 0 Å². The number of rotatable bonds is 10. The molecule has 0 atom stereocenters. The normalized spacial score (nSPS) is 10.3. The molecule has 2 aromatic carbocycles. The second kappa shape index (κ2) is 11.0. The first kappa shape index (κ1) is 20.5. The van der Waals surface area contributed by atoms with Gasteiger partial charge in [0.2, 0.25) is 0 Å². The van der Waals surface area contributed by atoms with Crippen molar-refractivity contribution in [1.29, 1.82) is 0 Å². The summed E-state index contributed by atoms with van der Waals surface area (Å²) in [7, 11) is 0. The molecule has 144 valence electrons. The highest BCUT2D eigenvalue weighted by Crippen LogP contribution is 2.18. The fourth-order valence-corrected chi connectivity index (χ4v) is 2.26. The Balaban J connectivity index is 1.93. The van der Waals surface area contributed by atoms with Crippen molar-refractivity contribution in [1.82, 2.24) is 0 Å². The highest BCUT2D eigenvalue weighted by atomic mass is 16.5. The summed E-state index contributed by atoms with van der Waals surface area (Å²) in [6.45, 7) is 5.14. The van der Waals surface area contributed by atoms with Crippen LogP contribution in [0, 0.1) is 0 Å². The van der Waals surface area contributed by atoms with E-state index >= 15 is 0 Å². The van der Waals surface area contributed by atoms with Crippen molar-refractivity contribution in [3.63, 3.8) is 0 Å². The van der Waals surface area contributed by atoms with E-state index in [1.54, 1.807) is 42.5 Å². The minimum atomic E-state index is -0.478. The van der Waals surface area contributed by atoms with E-state index in [2.05, 4.69) is 6.92 Å². The fourth-order valence-electron chi connectivity index (χ4n) is 2.26. The first-order valence-electron chi connectivity index (χ1n) is 9.36. The van der Waals surface area contributed by atoms with Gasteiger partial charge in [-0.15, -0.1) is 0 Å². The summed E-state index contributed by atoms with van der Waals surface area (Å²) in [6.07, 6.45) is 3.81. The fraction of sp³-hybridized carbons (Fsp3) is 0.364. The van der Waals surface area contributed by atoms with E-state index in [9.17, 15) is 9.59 Å². The minimum absolute atomic E-state index is 0.363. The molecule has 0 heterocycles. The Morgan fingerprint density at radius 1 is 0.778 bits per heavy atom. The van der Waals surface area contributed by atoms with E-state index in [0.717, 1.165) is 25.7 Å². The third-order valence-electron chi connectivity index (χ3n) is 3.87. The first-order valence-corrected chi connectivity index (χ1v) is 9.36.